The first-order valence-electron chi connectivity index (χ1n) is 2.21. The Balaban J connectivity index is -0.000000180. The standard InChI is InChI=1S/C4H10O2S.Na.H/c5-1-2-6-3-4-7;;/h5,7H,1-4H2;;/q;+1;-1. The molecule has 0 fully saturated rings. The summed E-state index contributed by atoms with van der Waals surface area (Å²) >= 11 is 3.89. The number of aliphatic hydroxyl groups excluding tert-OH is 1. The summed E-state index contributed by atoms with van der Waals surface area (Å²) < 4.78 is 4.81. The van der Waals surface area contributed by atoms with Gasteiger partial charge in [-0.15, -0.1) is 0 Å². The van der Waals surface area contributed by atoms with E-state index in [9.17, 15) is 0 Å². The summed E-state index contributed by atoms with van der Waals surface area (Å²) in [5.41, 5.74) is 0. The molecule has 0 aromatic heterocycles. The van der Waals surface area contributed by atoms with E-state index in [1.807, 2.05) is 0 Å². The van der Waals surface area contributed by atoms with E-state index in [2.05, 4.69) is 12.6 Å². The van der Waals surface area contributed by atoms with E-state index < -0.39 is 0 Å². The van der Waals surface area contributed by atoms with Gasteiger partial charge < -0.3 is 11.3 Å². The van der Waals surface area contributed by atoms with E-state index >= 15 is 0 Å². The van der Waals surface area contributed by atoms with Crippen LogP contribution in [0.4, 0.5) is 0 Å². The van der Waals surface area contributed by atoms with Crippen molar-refractivity contribution >= 4 is 12.6 Å². The van der Waals surface area contributed by atoms with E-state index in [0.29, 0.717) is 13.2 Å². The van der Waals surface area contributed by atoms with Crippen LogP contribution in [0, 0.1) is 0 Å². The third kappa shape index (κ3) is 10.3. The van der Waals surface area contributed by atoms with E-state index in [1.54, 1.807) is 0 Å². The Morgan fingerprint density at radius 1 is 1.50 bits per heavy atom. The Morgan fingerprint density at radius 2 is 2.12 bits per heavy atom. The molecule has 46 valence electrons. The van der Waals surface area contributed by atoms with E-state index in [0.717, 1.165) is 5.75 Å². The summed E-state index contributed by atoms with van der Waals surface area (Å²) in [4.78, 5) is 0. The van der Waals surface area contributed by atoms with Crippen molar-refractivity contribution in [2.75, 3.05) is 25.6 Å². The van der Waals surface area contributed by atoms with Gasteiger partial charge in [0.2, 0.25) is 0 Å². The molecule has 0 rings (SSSR count). The molecule has 0 unspecified atom stereocenters. The molecular weight excluding hydrogens is 135 g/mol. The van der Waals surface area contributed by atoms with E-state index in [1.165, 1.54) is 0 Å². The van der Waals surface area contributed by atoms with E-state index in [-0.39, 0.29) is 37.6 Å². The fourth-order valence-electron chi connectivity index (χ4n) is 0.231. The first kappa shape index (κ1) is 12.0. The van der Waals surface area contributed by atoms with Gasteiger partial charge in [0, 0.05) is 5.75 Å². The third-order valence-corrected chi connectivity index (χ3v) is 0.654. The van der Waals surface area contributed by atoms with Gasteiger partial charge in [-0.25, -0.2) is 0 Å². The van der Waals surface area contributed by atoms with Gasteiger partial charge in [0.15, 0.2) is 0 Å². The zero-order valence-corrected chi connectivity index (χ0v) is 8.03. The fourth-order valence-corrected chi connectivity index (χ4v) is 0.360. The van der Waals surface area contributed by atoms with Gasteiger partial charge >= 0.3 is 29.6 Å². The van der Waals surface area contributed by atoms with Gasteiger partial charge in [0.1, 0.15) is 0 Å². The largest absolute Gasteiger partial charge is 1.00 e. The number of aliphatic hydroxyl groups is 1. The summed E-state index contributed by atoms with van der Waals surface area (Å²) in [7, 11) is 0. The summed E-state index contributed by atoms with van der Waals surface area (Å²) in [6, 6.07) is 0. The van der Waals surface area contributed by atoms with Gasteiger partial charge in [-0.2, -0.15) is 12.6 Å². The predicted octanol–water partition coefficient (Wildman–Crippen LogP) is -2.96. The number of rotatable bonds is 4. The number of thiol groups is 1. The minimum Gasteiger partial charge on any atom is -1.00 e. The molecule has 0 saturated carbocycles. The van der Waals surface area contributed by atoms with Crippen LogP contribution in [-0.2, 0) is 4.74 Å². The Morgan fingerprint density at radius 3 is 2.50 bits per heavy atom. The van der Waals surface area contributed by atoms with Crippen LogP contribution in [0.3, 0.4) is 0 Å². The van der Waals surface area contributed by atoms with Crippen LogP contribution in [0.2, 0.25) is 0 Å². The first-order chi connectivity index (χ1) is 3.41. The molecule has 0 bridgehead atoms. The molecule has 0 amide bonds. The van der Waals surface area contributed by atoms with Crippen molar-refractivity contribution in [2.24, 2.45) is 0 Å². The van der Waals surface area contributed by atoms with Crippen LogP contribution < -0.4 is 29.6 Å². The maximum Gasteiger partial charge on any atom is 1.00 e. The molecular formula is C4H11NaO2S. The minimum absolute atomic E-state index is 0. The van der Waals surface area contributed by atoms with Crippen LogP contribution in [0.15, 0.2) is 0 Å². The van der Waals surface area contributed by atoms with Gasteiger partial charge in [-0.1, -0.05) is 0 Å². The topological polar surface area (TPSA) is 29.5 Å². The van der Waals surface area contributed by atoms with Crippen LogP contribution in [0.5, 0.6) is 0 Å². The van der Waals surface area contributed by atoms with Crippen molar-refractivity contribution in [2.45, 2.75) is 0 Å². The number of ether oxygens (including phenoxy) is 1. The molecule has 0 radical (unpaired) electrons. The molecule has 0 aliphatic rings. The quantitative estimate of drug-likeness (QED) is 0.252. The van der Waals surface area contributed by atoms with Crippen molar-refractivity contribution < 1.29 is 40.8 Å². The molecule has 0 heterocycles. The van der Waals surface area contributed by atoms with Crippen LogP contribution in [0.25, 0.3) is 0 Å². The monoisotopic (exact) mass is 146 g/mol. The van der Waals surface area contributed by atoms with Crippen molar-refractivity contribution in [1.82, 2.24) is 0 Å². The number of hydrogen-bond donors (Lipinski definition) is 2. The molecule has 0 aromatic rings. The Hall–Kier alpha value is 1.27. The molecule has 0 aromatic carbocycles. The Bertz CT molecular complexity index is 37.7. The second-order valence-corrected chi connectivity index (χ2v) is 1.51. The average Bonchev–Trinajstić information content (AvgIpc) is 1.69. The van der Waals surface area contributed by atoms with Gasteiger partial charge in [-0.05, 0) is 0 Å². The van der Waals surface area contributed by atoms with Crippen LogP contribution >= 0.6 is 12.6 Å². The second-order valence-electron chi connectivity index (χ2n) is 1.06. The molecule has 0 aliphatic heterocycles. The molecule has 0 saturated heterocycles. The van der Waals surface area contributed by atoms with Crippen molar-refractivity contribution in [3.63, 3.8) is 0 Å². The van der Waals surface area contributed by atoms with Crippen molar-refractivity contribution in [3.05, 3.63) is 0 Å². The van der Waals surface area contributed by atoms with Gasteiger partial charge in [0.05, 0.1) is 19.8 Å². The SMILES string of the molecule is OCCOCCS.[H-].[Na+]. The van der Waals surface area contributed by atoms with Crippen LogP contribution in [-0.4, -0.2) is 30.7 Å². The smallest absolute Gasteiger partial charge is 1.00 e. The summed E-state index contributed by atoms with van der Waals surface area (Å²) in [6.45, 7) is 1.16. The van der Waals surface area contributed by atoms with E-state index in [4.69, 9.17) is 9.84 Å². The van der Waals surface area contributed by atoms with Crippen LogP contribution in [0.1, 0.15) is 1.43 Å². The average molecular weight is 146 g/mol. The second kappa shape index (κ2) is 11.1. The molecule has 4 heteroatoms. The normalized spacial score (nSPS) is 8.25. The summed E-state index contributed by atoms with van der Waals surface area (Å²) in [5.74, 6) is 0.722. The maximum absolute atomic E-state index is 8.14. The van der Waals surface area contributed by atoms with Crippen molar-refractivity contribution in [1.29, 1.82) is 0 Å². The molecule has 0 atom stereocenters. The molecule has 8 heavy (non-hydrogen) atoms. The maximum atomic E-state index is 8.14. The zero-order chi connectivity index (χ0) is 5.54. The fraction of sp³-hybridized carbons (Fsp3) is 1.00. The zero-order valence-electron chi connectivity index (χ0n) is 6.13. The first-order valence-corrected chi connectivity index (χ1v) is 2.84. The third-order valence-electron chi connectivity index (χ3n) is 0.471. The van der Waals surface area contributed by atoms with Gasteiger partial charge in [-0.3, -0.25) is 0 Å². The summed E-state index contributed by atoms with van der Waals surface area (Å²) in [6.07, 6.45) is 0. The van der Waals surface area contributed by atoms with Gasteiger partial charge in [0.25, 0.3) is 0 Å². The Kier molecular flexibility index (Phi) is 16.7. The minimum atomic E-state index is 0. The van der Waals surface area contributed by atoms with Crippen molar-refractivity contribution in [3.8, 4) is 0 Å². The number of hydrogen-bond acceptors (Lipinski definition) is 3. The molecule has 2 nitrogen and oxygen atoms in total. The molecule has 1 N–H and O–H groups in total. The Labute approximate surface area is 78.8 Å². The molecule has 0 spiro atoms. The predicted molar refractivity (Wildman–Crippen MR) is 32.9 cm³/mol. The molecule has 0 aliphatic carbocycles. The summed E-state index contributed by atoms with van der Waals surface area (Å²) in [5, 5.41) is 8.14.